The van der Waals surface area contributed by atoms with E-state index in [2.05, 4.69) is 25.9 Å². The van der Waals surface area contributed by atoms with Gasteiger partial charge in [0.15, 0.2) is 12.3 Å². The first-order valence-electron chi connectivity index (χ1n) is 6.93. The summed E-state index contributed by atoms with van der Waals surface area (Å²) >= 11 is 3.20. The summed E-state index contributed by atoms with van der Waals surface area (Å²) in [6.45, 7) is 7.09. The monoisotopic (exact) mass is 375 g/mol. The summed E-state index contributed by atoms with van der Waals surface area (Å²) in [5, 5.41) is 0. The van der Waals surface area contributed by atoms with Crippen LogP contribution in [-0.2, 0) is 4.74 Å². The van der Waals surface area contributed by atoms with Crippen molar-refractivity contribution in [3.05, 3.63) is 16.5 Å². The highest BCUT2D eigenvalue weighted by Crippen LogP contribution is 2.23. The number of carbonyl (C=O) groups excluding carboxylic acids is 1. The molecule has 2 heterocycles. The first kappa shape index (κ1) is 16.9. The molecule has 0 saturated carbocycles. The Morgan fingerprint density at radius 2 is 2.14 bits per heavy atom. The van der Waals surface area contributed by atoms with E-state index in [9.17, 15) is 9.18 Å². The van der Waals surface area contributed by atoms with Gasteiger partial charge in [0.1, 0.15) is 15.9 Å². The maximum Gasteiger partial charge on any atom is 0.410 e. The lowest BCUT2D eigenvalue weighted by Gasteiger charge is -2.24. The van der Waals surface area contributed by atoms with Gasteiger partial charge in [0.05, 0.1) is 19.3 Å². The Labute approximate surface area is 137 Å². The van der Waals surface area contributed by atoms with Crippen LogP contribution in [0.4, 0.5) is 9.18 Å². The Morgan fingerprint density at radius 1 is 1.45 bits per heavy atom. The number of halogens is 2. The standard InChI is InChI=1S/C14H19BrFN3O3/c1-8-12(17-5-11(15)18-8)21-10-7-19(6-9(10)16)13(20)22-14(2,3)4/h5,9-10H,6-7H2,1-4H3/t9?,10-/m0/s1. The molecular weight excluding hydrogens is 357 g/mol. The molecule has 1 aromatic rings. The third kappa shape index (κ3) is 4.28. The van der Waals surface area contributed by atoms with Crippen LogP contribution in [0.5, 0.6) is 5.88 Å². The molecule has 0 aliphatic carbocycles. The van der Waals surface area contributed by atoms with E-state index in [1.165, 1.54) is 11.1 Å². The topological polar surface area (TPSA) is 64.6 Å². The third-order valence-corrected chi connectivity index (χ3v) is 3.37. The zero-order chi connectivity index (χ0) is 16.5. The Kier molecular flexibility index (Phi) is 4.89. The van der Waals surface area contributed by atoms with E-state index in [1.54, 1.807) is 27.7 Å². The van der Waals surface area contributed by atoms with Crippen LogP contribution in [0, 0.1) is 6.92 Å². The summed E-state index contributed by atoms with van der Waals surface area (Å²) in [6, 6.07) is 0. The summed E-state index contributed by atoms with van der Waals surface area (Å²) < 4.78 is 25.5. The van der Waals surface area contributed by atoms with Crippen molar-refractivity contribution in [1.29, 1.82) is 0 Å². The van der Waals surface area contributed by atoms with Crippen molar-refractivity contribution in [1.82, 2.24) is 14.9 Å². The minimum absolute atomic E-state index is 0.0530. The van der Waals surface area contributed by atoms with E-state index >= 15 is 0 Å². The second-order valence-corrected chi connectivity index (χ2v) is 6.95. The van der Waals surface area contributed by atoms with Crippen LogP contribution in [0.15, 0.2) is 10.8 Å². The molecule has 2 rings (SSSR count). The predicted octanol–water partition coefficient (Wildman–Crippen LogP) is 2.88. The van der Waals surface area contributed by atoms with Crippen LogP contribution >= 0.6 is 15.9 Å². The van der Waals surface area contributed by atoms with Crippen LogP contribution in [0.3, 0.4) is 0 Å². The van der Waals surface area contributed by atoms with E-state index in [0.717, 1.165) is 0 Å². The van der Waals surface area contributed by atoms with Gasteiger partial charge < -0.3 is 14.4 Å². The lowest BCUT2D eigenvalue weighted by atomic mass is 10.2. The number of rotatable bonds is 2. The quantitative estimate of drug-likeness (QED) is 0.794. The van der Waals surface area contributed by atoms with Crippen LogP contribution in [-0.4, -0.2) is 51.9 Å². The second kappa shape index (κ2) is 6.36. The van der Waals surface area contributed by atoms with E-state index in [1.807, 2.05) is 0 Å². The summed E-state index contributed by atoms with van der Waals surface area (Å²) in [5.41, 5.74) is -0.0624. The molecule has 1 aromatic heterocycles. The Morgan fingerprint density at radius 3 is 2.73 bits per heavy atom. The Balaban J connectivity index is 2.00. The van der Waals surface area contributed by atoms with Crippen LogP contribution < -0.4 is 4.74 Å². The van der Waals surface area contributed by atoms with Crippen LogP contribution in [0.1, 0.15) is 26.5 Å². The fraction of sp³-hybridized carbons (Fsp3) is 0.643. The van der Waals surface area contributed by atoms with Crippen molar-refractivity contribution >= 4 is 22.0 Å². The number of likely N-dealkylation sites (tertiary alicyclic amines) is 1. The number of alkyl halides is 1. The highest BCUT2D eigenvalue weighted by Gasteiger charge is 2.39. The van der Waals surface area contributed by atoms with Crippen LogP contribution in [0.2, 0.25) is 0 Å². The summed E-state index contributed by atoms with van der Waals surface area (Å²) in [7, 11) is 0. The number of ether oxygens (including phenoxy) is 2. The van der Waals surface area contributed by atoms with Crippen molar-refractivity contribution in [2.24, 2.45) is 0 Å². The maximum atomic E-state index is 14.1. The highest BCUT2D eigenvalue weighted by molar-refractivity contribution is 9.10. The number of carbonyl (C=O) groups is 1. The SMILES string of the molecule is Cc1nc(Br)cnc1O[C@H]1CN(C(=O)OC(C)(C)C)CC1F. The Bertz CT molecular complexity index is 565. The number of hydrogen-bond acceptors (Lipinski definition) is 5. The zero-order valence-corrected chi connectivity index (χ0v) is 14.6. The van der Waals surface area contributed by atoms with E-state index in [4.69, 9.17) is 9.47 Å². The molecule has 22 heavy (non-hydrogen) atoms. The molecule has 0 bridgehead atoms. The third-order valence-electron chi connectivity index (χ3n) is 2.99. The van der Waals surface area contributed by atoms with Gasteiger partial charge in [-0.25, -0.2) is 19.2 Å². The first-order valence-corrected chi connectivity index (χ1v) is 7.73. The lowest BCUT2D eigenvalue weighted by molar-refractivity contribution is 0.0273. The second-order valence-electron chi connectivity index (χ2n) is 6.14. The average molecular weight is 376 g/mol. The van der Waals surface area contributed by atoms with E-state index in [0.29, 0.717) is 10.3 Å². The molecule has 0 aromatic carbocycles. The van der Waals surface area contributed by atoms with Gasteiger partial charge in [0, 0.05) is 0 Å². The van der Waals surface area contributed by atoms with Gasteiger partial charge in [-0.3, -0.25) is 0 Å². The molecule has 1 unspecified atom stereocenters. The first-order chi connectivity index (χ1) is 10.2. The molecule has 8 heteroatoms. The predicted molar refractivity (Wildman–Crippen MR) is 81.6 cm³/mol. The van der Waals surface area contributed by atoms with Crippen molar-refractivity contribution in [2.75, 3.05) is 13.1 Å². The number of aryl methyl sites for hydroxylation is 1. The van der Waals surface area contributed by atoms with Gasteiger partial charge in [-0.05, 0) is 43.6 Å². The van der Waals surface area contributed by atoms with Gasteiger partial charge in [-0.1, -0.05) is 0 Å². The highest BCUT2D eigenvalue weighted by atomic mass is 79.9. The van der Waals surface area contributed by atoms with Crippen LogP contribution in [0.25, 0.3) is 0 Å². The molecule has 1 saturated heterocycles. The van der Waals surface area contributed by atoms with E-state index in [-0.39, 0.29) is 19.0 Å². The molecule has 1 fully saturated rings. The normalized spacial score (nSPS) is 21.8. The van der Waals surface area contributed by atoms with E-state index < -0.39 is 24.0 Å². The van der Waals surface area contributed by atoms with Crippen molar-refractivity contribution in [2.45, 2.75) is 45.6 Å². The van der Waals surface area contributed by atoms with Gasteiger partial charge >= 0.3 is 6.09 Å². The largest absolute Gasteiger partial charge is 0.468 e. The fourth-order valence-corrected chi connectivity index (χ4v) is 2.39. The molecule has 0 radical (unpaired) electrons. The molecule has 122 valence electrons. The van der Waals surface area contributed by atoms with Crippen molar-refractivity contribution in [3.8, 4) is 5.88 Å². The summed E-state index contributed by atoms with van der Waals surface area (Å²) in [5.74, 6) is 0.266. The molecule has 1 aliphatic rings. The fourth-order valence-electron chi connectivity index (χ4n) is 2.02. The molecule has 1 amide bonds. The molecule has 0 spiro atoms. The molecule has 2 atom stereocenters. The smallest absolute Gasteiger partial charge is 0.410 e. The average Bonchev–Trinajstić information content (AvgIpc) is 2.72. The Hall–Kier alpha value is -1.44. The van der Waals surface area contributed by atoms with Crippen molar-refractivity contribution < 1.29 is 18.7 Å². The number of aromatic nitrogens is 2. The minimum atomic E-state index is -1.29. The van der Waals surface area contributed by atoms with Gasteiger partial charge in [-0.2, -0.15) is 0 Å². The lowest BCUT2D eigenvalue weighted by Crippen LogP contribution is -2.36. The molecule has 6 nitrogen and oxygen atoms in total. The molecule has 1 aliphatic heterocycles. The molecule has 0 N–H and O–H groups in total. The number of nitrogens with zero attached hydrogens (tertiary/aromatic N) is 3. The number of amides is 1. The summed E-state index contributed by atoms with van der Waals surface area (Å²) in [6.07, 6.45) is -1.13. The maximum absolute atomic E-state index is 14.1. The van der Waals surface area contributed by atoms with Crippen molar-refractivity contribution in [3.63, 3.8) is 0 Å². The zero-order valence-electron chi connectivity index (χ0n) is 13.0. The number of hydrogen-bond donors (Lipinski definition) is 0. The summed E-state index contributed by atoms with van der Waals surface area (Å²) in [4.78, 5) is 21.5. The molecular formula is C14H19BrFN3O3. The van der Waals surface area contributed by atoms with Gasteiger partial charge in [-0.15, -0.1) is 0 Å². The van der Waals surface area contributed by atoms with Gasteiger partial charge in [0.2, 0.25) is 5.88 Å². The van der Waals surface area contributed by atoms with Gasteiger partial charge in [0.25, 0.3) is 0 Å². The minimum Gasteiger partial charge on any atom is -0.468 e.